The van der Waals surface area contributed by atoms with Crippen LogP contribution in [0, 0.1) is 0 Å². The van der Waals surface area contributed by atoms with E-state index < -0.39 is 11.2 Å². The van der Waals surface area contributed by atoms with Crippen LogP contribution in [0.1, 0.15) is 28.6 Å². The maximum absolute atomic E-state index is 12.7. The Labute approximate surface area is 161 Å². The SMILES string of the molecule is CCCn1c(=O)[nH]c(=O)c2cc(C(=O)N(C)Cc3cc(Br)cs3)cnc21. The van der Waals surface area contributed by atoms with Crippen LogP contribution in [0.2, 0.25) is 0 Å². The van der Waals surface area contributed by atoms with Gasteiger partial charge in [0.05, 0.1) is 17.5 Å². The molecule has 0 aromatic carbocycles. The van der Waals surface area contributed by atoms with Crippen LogP contribution in [0.25, 0.3) is 11.0 Å². The molecule has 0 fully saturated rings. The lowest BCUT2D eigenvalue weighted by Crippen LogP contribution is -2.31. The van der Waals surface area contributed by atoms with Crippen LogP contribution in [0.4, 0.5) is 0 Å². The molecule has 3 aromatic rings. The van der Waals surface area contributed by atoms with E-state index in [2.05, 4.69) is 25.9 Å². The molecule has 7 nitrogen and oxygen atoms in total. The molecule has 26 heavy (non-hydrogen) atoms. The van der Waals surface area contributed by atoms with Crippen LogP contribution in [0.3, 0.4) is 0 Å². The van der Waals surface area contributed by atoms with Crippen LogP contribution in [-0.4, -0.2) is 32.4 Å². The molecule has 0 radical (unpaired) electrons. The number of H-pyrrole nitrogens is 1. The molecule has 1 amide bonds. The molecule has 9 heteroatoms. The third kappa shape index (κ3) is 3.63. The zero-order chi connectivity index (χ0) is 18.8. The van der Waals surface area contributed by atoms with Gasteiger partial charge in [0.25, 0.3) is 11.5 Å². The molecule has 0 atom stereocenters. The fraction of sp³-hybridized carbons (Fsp3) is 0.294. The summed E-state index contributed by atoms with van der Waals surface area (Å²) < 4.78 is 2.39. The largest absolute Gasteiger partial charge is 0.337 e. The molecule has 3 rings (SSSR count). The number of carbonyl (C=O) groups is 1. The molecule has 0 bridgehead atoms. The van der Waals surface area contributed by atoms with Gasteiger partial charge in [-0.25, -0.2) is 9.78 Å². The molecule has 0 unspecified atom stereocenters. The Bertz CT molecular complexity index is 1090. The van der Waals surface area contributed by atoms with Gasteiger partial charge in [-0.1, -0.05) is 6.92 Å². The van der Waals surface area contributed by atoms with E-state index >= 15 is 0 Å². The van der Waals surface area contributed by atoms with E-state index in [1.807, 2.05) is 18.4 Å². The highest BCUT2D eigenvalue weighted by Crippen LogP contribution is 2.21. The average Bonchev–Trinajstić information content (AvgIpc) is 3.02. The molecule has 0 saturated carbocycles. The number of pyridine rings is 1. The number of hydrogen-bond donors (Lipinski definition) is 1. The highest BCUT2D eigenvalue weighted by Gasteiger charge is 2.16. The third-order valence-electron chi connectivity index (χ3n) is 3.89. The van der Waals surface area contributed by atoms with Gasteiger partial charge in [-0.05, 0) is 34.5 Å². The predicted molar refractivity (Wildman–Crippen MR) is 105 cm³/mol. The number of hydrogen-bond acceptors (Lipinski definition) is 5. The fourth-order valence-corrected chi connectivity index (χ4v) is 4.18. The average molecular weight is 437 g/mol. The molecule has 0 aliphatic rings. The fourth-order valence-electron chi connectivity index (χ4n) is 2.68. The van der Waals surface area contributed by atoms with Crippen LogP contribution in [-0.2, 0) is 13.1 Å². The number of nitrogens with one attached hydrogen (secondary N) is 1. The van der Waals surface area contributed by atoms with Gasteiger partial charge in [-0.15, -0.1) is 11.3 Å². The number of carbonyl (C=O) groups excluding carboxylic acids is 1. The molecule has 3 aromatic heterocycles. The zero-order valence-corrected chi connectivity index (χ0v) is 16.7. The second-order valence-corrected chi connectivity index (χ2v) is 7.81. The van der Waals surface area contributed by atoms with Crippen molar-refractivity contribution in [3.05, 3.63) is 59.5 Å². The van der Waals surface area contributed by atoms with E-state index in [4.69, 9.17) is 0 Å². The quantitative estimate of drug-likeness (QED) is 0.665. The first-order valence-corrected chi connectivity index (χ1v) is 9.69. The molecule has 0 saturated heterocycles. The van der Waals surface area contributed by atoms with Crippen molar-refractivity contribution in [1.82, 2.24) is 19.4 Å². The van der Waals surface area contributed by atoms with E-state index in [1.54, 1.807) is 23.3 Å². The number of aromatic nitrogens is 3. The molecule has 0 aliphatic carbocycles. The van der Waals surface area contributed by atoms with Gasteiger partial charge in [0.2, 0.25) is 0 Å². The Balaban J connectivity index is 1.96. The van der Waals surface area contributed by atoms with Crippen molar-refractivity contribution in [3.8, 4) is 0 Å². The molecule has 0 spiro atoms. The van der Waals surface area contributed by atoms with Crippen molar-refractivity contribution >= 4 is 44.2 Å². The van der Waals surface area contributed by atoms with E-state index in [0.29, 0.717) is 24.3 Å². The Morgan fingerprint density at radius 2 is 2.15 bits per heavy atom. The maximum Gasteiger partial charge on any atom is 0.329 e. The Hall–Kier alpha value is -2.26. The van der Waals surface area contributed by atoms with Gasteiger partial charge in [0.1, 0.15) is 5.65 Å². The number of nitrogens with zero attached hydrogens (tertiary/aromatic N) is 3. The second-order valence-electron chi connectivity index (χ2n) is 5.90. The number of rotatable bonds is 5. The van der Waals surface area contributed by atoms with Gasteiger partial charge in [0.15, 0.2) is 0 Å². The lowest BCUT2D eigenvalue weighted by Gasteiger charge is -2.16. The lowest BCUT2D eigenvalue weighted by atomic mass is 10.2. The third-order valence-corrected chi connectivity index (χ3v) is 5.57. The van der Waals surface area contributed by atoms with Gasteiger partial charge in [-0.3, -0.25) is 19.1 Å². The summed E-state index contributed by atoms with van der Waals surface area (Å²) in [6.45, 7) is 2.83. The van der Waals surface area contributed by atoms with Crippen LogP contribution >= 0.6 is 27.3 Å². The Morgan fingerprint density at radius 1 is 1.38 bits per heavy atom. The normalized spacial score (nSPS) is 11.0. The summed E-state index contributed by atoms with van der Waals surface area (Å²) in [4.78, 5) is 45.9. The van der Waals surface area contributed by atoms with Crippen molar-refractivity contribution in [2.45, 2.75) is 26.4 Å². The molecule has 0 aliphatic heterocycles. The smallest absolute Gasteiger partial charge is 0.329 e. The van der Waals surface area contributed by atoms with Gasteiger partial charge >= 0.3 is 5.69 Å². The van der Waals surface area contributed by atoms with Gasteiger partial charge in [-0.2, -0.15) is 0 Å². The minimum Gasteiger partial charge on any atom is -0.337 e. The van der Waals surface area contributed by atoms with Crippen molar-refractivity contribution in [2.75, 3.05) is 7.05 Å². The topological polar surface area (TPSA) is 88.1 Å². The number of halogens is 1. The highest BCUT2D eigenvalue weighted by molar-refractivity contribution is 9.10. The summed E-state index contributed by atoms with van der Waals surface area (Å²) in [6, 6.07) is 3.46. The summed E-state index contributed by atoms with van der Waals surface area (Å²) in [5.41, 5.74) is -0.425. The number of aryl methyl sites for hydroxylation is 1. The summed E-state index contributed by atoms with van der Waals surface area (Å²) >= 11 is 4.95. The minimum absolute atomic E-state index is 0.233. The van der Waals surface area contributed by atoms with Gasteiger partial charge in [0, 0.05) is 34.5 Å². The number of aromatic amines is 1. The number of amides is 1. The first-order valence-electron chi connectivity index (χ1n) is 8.02. The Morgan fingerprint density at radius 3 is 2.81 bits per heavy atom. The van der Waals surface area contributed by atoms with Crippen LogP contribution in [0.5, 0.6) is 0 Å². The summed E-state index contributed by atoms with van der Waals surface area (Å²) in [5.74, 6) is -0.239. The summed E-state index contributed by atoms with van der Waals surface area (Å²) in [7, 11) is 1.70. The molecular formula is C17H17BrN4O3S. The first kappa shape index (κ1) is 18.5. The standard InChI is InChI=1S/C17H17BrN4O3S/c1-3-4-22-14-13(15(23)20-17(22)25)5-10(7-19-14)16(24)21(2)8-12-6-11(18)9-26-12/h5-7,9H,3-4,8H2,1-2H3,(H,20,23,25). The zero-order valence-electron chi connectivity index (χ0n) is 14.3. The monoisotopic (exact) mass is 436 g/mol. The van der Waals surface area contributed by atoms with Crippen molar-refractivity contribution in [3.63, 3.8) is 0 Å². The van der Waals surface area contributed by atoms with Crippen LogP contribution < -0.4 is 11.2 Å². The van der Waals surface area contributed by atoms with E-state index in [0.717, 1.165) is 15.8 Å². The Kier molecular flexibility index (Phi) is 5.38. The van der Waals surface area contributed by atoms with Crippen molar-refractivity contribution in [1.29, 1.82) is 0 Å². The summed E-state index contributed by atoms with van der Waals surface area (Å²) in [5, 5.41) is 2.19. The number of thiophene rings is 1. The van der Waals surface area contributed by atoms with Gasteiger partial charge < -0.3 is 4.90 Å². The lowest BCUT2D eigenvalue weighted by molar-refractivity contribution is 0.0786. The minimum atomic E-state index is -0.538. The molecule has 3 heterocycles. The van der Waals surface area contributed by atoms with Crippen molar-refractivity contribution in [2.24, 2.45) is 0 Å². The highest BCUT2D eigenvalue weighted by atomic mass is 79.9. The predicted octanol–water partition coefficient (Wildman–Crippen LogP) is 2.59. The second kappa shape index (κ2) is 7.55. The molecular weight excluding hydrogens is 420 g/mol. The maximum atomic E-state index is 12.7. The molecule has 1 N–H and O–H groups in total. The van der Waals surface area contributed by atoms with Crippen molar-refractivity contribution < 1.29 is 4.79 Å². The van der Waals surface area contributed by atoms with E-state index in [-0.39, 0.29) is 11.3 Å². The van der Waals surface area contributed by atoms with Crippen LogP contribution in [0.15, 0.2) is 37.8 Å². The van der Waals surface area contributed by atoms with E-state index in [9.17, 15) is 14.4 Å². The number of fused-ring (bicyclic) bond motifs is 1. The van der Waals surface area contributed by atoms with E-state index in [1.165, 1.54) is 16.8 Å². The molecule has 136 valence electrons. The summed E-state index contributed by atoms with van der Waals surface area (Å²) in [6.07, 6.45) is 2.14. The first-order chi connectivity index (χ1) is 12.4.